The molecule has 0 atom stereocenters. The number of H-pyrrole nitrogens is 1. The molecule has 7 heteroatoms. The number of thioether (sulfide) groups is 1. The van der Waals surface area contributed by atoms with Crippen LogP contribution in [0.25, 0.3) is 10.2 Å². The maximum Gasteiger partial charge on any atom is 0.259 e. The first kappa shape index (κ1) is 16.3. The third-order valence-electron chi connectivity index (χ3n) is 3.78. The van der Waals surface area contributed by atoms with Gasteiger partial charge in [-0.05, 0) is 24.8 Å². The van der Waals surface area contributed by atoms with Crippen molar-refractivity contribution in [2.45, 2.75) is 31.4 Å². The quantitative estimate of drug-likeness (QED) is 0.594. The second-order valence-corrected chi connectivity index (χ2v) is 7.63. The maximum absolute atomic E-state index is 12.3. The topological polar surface area (TPSA) is 74.8 Å². The fraction of sp³-hybridized carbons (Fsp3) is 0.438. The number of nitrogens with one attached hydrogen (secondary N) is 2. The molecule has 1 aliphatic rings. The number of aryl methyl sites for hydroxylation is 2. The normalized spacial score (nSPS) is 13.2. The van der Waals surface area contributed by atoms with E-state index >= 15 is 0 Å². The molecule has 2 N–H and O–H groups in total. The number of rotatable bonds is 7. The molecule has 5 nitrogen and oxygen atoms in total. The van der Waals surface area contributed by atoms with E-state index in [1.807, 2.05) is 0 Å². The van der Waals surface area contributed by atoms with Gasteiger partial charge in [0.05, 0.1) is 11.1 Å². The minimum absolute atomic E-state index is 0.0176. The van der Waals surface area contributed by atoms with Gasteiger partial charge in [0.1, 0.15) is 10.7 Å². The Hall–Kier alpha value is -1.60. The molecule has 0 spiro atoms. The largest absolute Gasteiger partial charge is 0.353 e. The summed E-state index contributed by atoms with van der Waals surface area (Å²) >= 11 is 3.26. The van der Waals surface area contributed by atoms with Gasteiger partial charge in [0.15, 0.2) is 0 Å². The van der Waals surface area contributed by atoms with Crippen molar-refractivity contribution >= 4 is 39.2 Å². The highest BCUT2D eigenvalue weighted by atomic mass is 32.2. The summed E-state index contributed by atoms with van der Waals surface area (Å²) < 4.78 is 0. The summed E-state index contributed by atoms with van der Waals surface area (Å²) in [5.74, 6) is 2.02. The number of hydrogen-bond acceptors (Lipinski definition) is 5. The van der Waals surface area contributed by atoms with Crippen LogP contribution in [0.2, 0.25) is 0 Å². The van der Waals surface area contributed by atoms with Crippen molar-refractivity contribution in [1.82, 2.24) is 15.3 Å². The molecule has 3 rings (SSSR count). The molecule has 1 amide bonds. The van der Waals surface area contributed by atoms with Gasteiger partial charge in [-0.15, -0.1) is 17.9 Å². The van der Waals surface area contributed by atoms with Crippen LogP contribution < -0.4 is 10.9 Å². The van der Waals surface area contributed by atoms with Crippen molar-refractivity contribution in [1.29, 1.82) is 0 Å². The highest BCUT2D eigenvalue weighted by molar-refractivity contribution is 7.98. The molecular weight excluding hydrogens is 330 g/mol. The third-order valence-corrected chi connectivity index (χ3v) is 5.94. The molecule has 0 aromatic carbocycles. The van der Waals surface area contributed by atoms with Crippen molar-refractivity contribution in [2.75, 3.05) is 12.3 Å². The highest BCUT2D eigenvalue weighted by Crippen LogP contribution is 2.34. The smallest absolute Gasteiger partial charge is 0.259 e. The molecule has 0 radical (unpaired) electrons. The van der Waals surface area contributed by atoms with Crippen LogP contribution >= 0.6 is 23.1 Å². The average molecular weight is 349 g/mol. The predicted molar refractivity (Wildman–Crippen MR) is 96.3 cm³/mol. The number of carbonyl (C=O) groups is 1. The predicted octanol–water partition coefficient (Wildman–Crippen LogP) is 2.40. The average Bonchev–Trinajstić information content (AvgIpc) is 3.09. The number of amides is 1. The van der Waals surface area contributed by atoms with Crippen molar-refractivity contribution < 1.29 is 4.79 Å². The molecule has 0 saturated carbocycles. The van der Waals surface area contributed by atoms with Gasteiger partial charge in [-0.1, -0.05) is 6.08 Å². The summed E-state index contributed by atoms with van der Waals surface area (Å²) in [5, 5.41) is 3.54. The van der Waals surface area contributed by atoms with Gasteiger partial charge in [-0.2, -0.15) is 11.8 Å². The van der Waals surface area contributed by atoms with E-state index in [0.717, 1.165) is 29.5 Å². The van der Waals surface area contributed by atoms with E-state index in [2.05, 4.69) is 21.9 Å². The standard InChI is InChI=1S/C16H19N3O2S2/c1-2-7-17-13(20)6-8-22-9-12-18-15(21)14-10-4-3-5-11(10)23-16(14)19-12/h2H,1,3-9H2,(H,17,20)(H,18,19,21). The minimum Gasteiger partial charge on any atom is -0.353 e. The second kappa shape index (κ2) is 7.31. The molecule has 0 aliphatic heterocycles. The van der Waals surface area contributed by atoms with Gasteiger partial charge in [-0.3, -0.25) is 9.59 Å². The molecule has 1 aliphatic carbocycles. The second-order valence-electron chi connectivity index (χ2n) is 5.45. The molecule has 0 unspecified atom stereocenters. The Morgan fingerprint density at radius 3 is 3.17 bits per heavy atom. The number of aromatic nitrogens is 2. The summed E-state index contributed by atoms with van der Waals surface area (Å²) in [6, 6.07) is 0. The number of fused-ring (bicyclic) bond motifs is 3. The van der Waals surface area contributed by atoms with Crippen LogP contribution in [0.3, 0.4) is 0 Å². The zero-order chi connectivity index (χ0) is 16.2. The number of hydrogen-bond donors (Lipinski definition) is 2. The van der Waals surface area contributed by atoms with Gasteiger partial charge in [0.25, 0.3) is 5.56 Å². The Balaban J connectivity index is 1.60. The SMILES string of the molecule is C=CCNC(=O)CCSCc1nc2sc3c(c2c(=O)[nH]1)CCC3. The van der Waals surface area contributed by atoms with Crippen LogP contribution in [0.1, 0.15) is 29.1 Å². The van der Waals surface area contributed by atoms with Gasteiger partial charge in [0, 0.05) is 23.6 Å². The van der Waals surface area contributed by atoms with Crippen LogP contribution in [-0.2, 0) is 23.4 Å². The Bertz CT molecular complexity index is 794. The van der Waals surface area contributed by atoms with Crippen LogP contribution in [0.5, 0.6) is 0 Å². The van der Waals surface area contributed by atoms with Crippen LogP contribution in [0, 0.1) is 0 Å². The van der Waals surface area contributed by atoms with Gasteiger partial charge < -0.3 is 10.3 Å². The zero-order valence-corrected chi connectivity index (χ0v) is 14.4. The first-order valence-corrected chi connectivity index (χ1v) is 9.65. The molecule has 2 aromatic rings. The summed E-state index contributed by atoms with van der Waals surface area (Å²) in [5.41, 5.74) is 1.19. The fourth-order valence-corrected chi connectivity index (χ4v) is 4.81. The number of nitrogens with zero attached hydrogens (tertiary/aromatic N) is 1. The van der Waals surface area contributed by atoms with Crippen molar-refractivity contribution in [3.63, 3.8) is 0 Å². The lowest BCUT2D eigenvalue weighted by atomic mass is 10.2. The van der Waals surface area contributed by atoms with Crippen LogP contribution in [0.4, 0.5) is 0 Å². The number of aromatic amines is 1. The van der Waals surface area contributed by atoms with E-state index in [0.29, 0.717) is 30.3 Å². The van der Waals surface area contributed by atoms with E-state index in [1.54, 1.807) is 29.2 Å². The summed E-state index contributed by atoms with van der Waals surface area (Å²) in [6.45, 7) is 4.06. The molecule has 122 valence electrons. The van der Waals surface area contributed by atoms with E-state index in [9.17, 15) is 9.59 Å². The lowest BCUT2D eigenvalue weighted by Gasteiger charge is -2.03. The summed E-state index contributed by atoms with van der Waals surface area (Å²) in [7, 11) is 0. The number of carbonyl (C=O) groups excluding carboxylic acids is 1. The van der Waals surface area contributed by atoms with Gasteiger partial charge in [0.2, 0.25) is 5.91 Å². The zero-order valence-electron chi connectivity index (χ0n) is 12.8. The molecule has 23 heavy (non-hydrogen) atoms. The molecule has 2 heterocycles. The first-order valence-electron chi connectivity index (χ1n) is 7.68. The Kier molecular flexibility index (Phi) is 5.17. The van der Waals surface area contributed by atoms with Crippen molar-refractivity contribution in [3.05, 3.63) is 39.3 Å². The Morgan fingerprint density at radius 1 is 1.48 bits per heavy atom. The van der Waals surface area contributed by atoms with E-state index < -0.39 is 0 Å². The van der Waals surface area contributed by atoms with Crippen molar-refractivity contribution in [3.8, 4) is 0 Å². The molecule has 2 aromatic heterocycles. The molecular formula is C16H19N3O2S2. The van der Waals surface area contributed by atoms with Crippen molar-refractivity contribution in [2.24, 2.45) is 0 Å². The maximum atomic E-state index is 12.3. The monoisotopic (exact) mass is 349 g/mol. The van der Waals surface area contributed by atoms with Crippen LogP contribution in [0.15, 0.2) is 17.4 Å². The van der Waals surface area contributed by atoms with Gasteiger partial charge in [-0.25, -0.2) is 4.98 Å². The molecule has 0 fully saturated rings. The Morgan fingerprint density at radius 2 is 2.35 bits per heavy atom. The first-order chi connectivity index (χ1) is 11.2. The van der Waals surface area contributed by atoms with E-state index in [-0.39, 0.29) is 11.5 Å². The van der Waals surface area contributed by atoms with Gasteiger partial charge >= 0.3 is 0 Å². The van der Waals surface area contributed by atoms with E-state index in [4.69, 9.17) is 0 Å². The highest BCUT2D eigenvalue weighted by Gasteiger charge is 2.20. The molecule has 0 saturated heterocycles. The van der Waals surface area contributed by atoms with E-state index in [1.165, 1.54) is 10.4 Å². The minimum atomic E-state index is -0.0197. The number of thiophene rings is 1. The summed E-state index contributed by atoms with van der Waals surface area (Å²) in [6.07, 6.45) is 5.32. The lowest BCUT2D eigenvalue weighted by molar-refractivity contribution is -0.120. The third kappa shape index (κ3) is 3.67. The lowest BCUT2D eigenvalue weighted by Crippen LogP contribution is -2.23. The van der Waals surface area contributed by atoms with Crippen LogP contribution in [-0.4, -0.2) is 28.2 Å². The Labute approximate surface area is 142 Å². The summed E-state index contributed by atoms with van der Waals surface area (Å²) in [4.78, 5) is 33.5. The fourth-order valence-electron chi connectivity index (χ4n) is 2.72. The molecule has 0 bridgehead atoms.